The number of rotatable bonds is 2. The second-order valence-electron chi connectivity index (χ2n) is 3.23. The van der Waals surface area contributed by atoms with Crippen LogP contribution in [0.1, 0.15) is 11.1 Å². The van der Waals surface area contributed by atoms with Gasteiger partial charge in [-0.3, -0.25) is 0 Å². The molecule has 5 heteroatoms. The molecule has 0 spiro atoms. The van der Waals surface area contributed by atoms with Crippen molar-refractivity contribution in [1.29, 1.82) is 0 Å². The summed E-state index contributed by atoms with van der Waals surface area (Å²) in [5.74, 6) is 0.585. The van der Waals surface area contributed by atoms with Crippen LogP contribution in [0, 0.1) is 13.8 Å². The molecular weight excluding hydrogens is 299 g/mol. The van der Waals surface area contributed by atoms with Crippen molar-refractivity contribution < 1.29 is 42.2 Å². The molecule has 1 radical (unpaired) electrons. The third kappa shape index (κ3) is 4.07. The molecule has 0 saturated carbocycles. The zero-order valence-electron chi connectivity index (χ0n) is 9.96. The van der Waals surface area contributed by atoms with E-state index in [0.29, 0.717) is 5.75 Å². The predicted molar refractivity (Wildman–Crippen MR) is 62.8 cm³/mol. The maximum atomic E-state index is 11.0. The van der Waals surface area contributed by atoms with E-state index in [9.17, 15) is 4.79 Å². The number of hydrogen-bond acceptors (Lipinski definition) is 3. The minimum absolute atomic E-state index is 0. The van der Waals surface area contributed by atoms with Gasteiger partial charge in [0.05, 0.1) is 0 Å². The SMILES string of the molecule is CNC(=O)Oc1cc(C)c(SC)c(C)c1.[Y]. The number of ether oxygens (including phenoxy) is 1. The number of thioether (sulfide) groups is 1. The van der Waals surface area contributed by atoms with Crippen molar-refractivity contribution in [2.45, 2.75) is 18.7 Å². The van der Waals surface area contributed by atoms with Gasteiger partial charge < -0.3 is 10.1 Å². The number of hydrogen-bond donors (Lipinski definition) is 1. The van der Waals surface area contributed by atoms with E-state index in [1.54, 1.807) is 11.8 Å². The van der Waals surface area contributed by atoms with Crippen molar-refractivity contribution in [2.24, 2.45) is 0 Å². The molecule has 0 fully saturated rings. The van der Waals surface area contributed by atoms with E-state index in [-0.39, 0.29) is 32.7 Å². The summed E-state index contributed by atoms with van der Waals surface area (Å²) in [5.41, 5.74) is 2.25. The van der Waals surface area contributed by atoms with Crippen LogP contribution in [0.5, 0.6) is 5.75 Å². The third-order valence-electron chi connectivity index (χ3n) is 2.05. The van der Waals surface area contributed by atoms with Crippen molar-refractivity contribution in [2.75, 3.05) is 13.3 Å². The van der Waals surface area contributed by atoms with E-state index < -0.39 is 6.09 Å². The quantitative estimate of drug-likeness (QED) is 0.853. The summed E-state index contributed by atoms with van der Waals surface area (Å²) in [6, 6.07) is 3.74. The van der Waals surface area contributed by atoms with E-state index in [0.717, 1.165) is 11.1 Å². The molecule has 0 aromatic heterocycles. The molecule has 0 saturated heterocycles. The van der Waals surface area contributed by atoms with E-state index >= 15 is 0 Å². The fraction of sp³-hybridized carbons (Fsp3) is 0.364. The van der Waals surface area contributed by atoms with Crippen molar-refractivity contribution in [3.8, 4) is 5.75 Å². The Morgan fingerprint density at radius 1 is 1.31 bits per heavy atom. The van der Waals surface area contributed by atoms with Crippen molar-refractivity contribution in [1.82, 2.24) is 5.32 Å². The van der Waals surface area contributed by atoms with Gasteiger partial charge in [0.2, 0.25) is 0 Å². The zero-order valence-corrected chi connectivity index (χ0v) is 13.6. The van der Waals surface area contributed by atoms with Gasteiger partial charge in [-0.15, -0.1) is 11.8 Å². The Morgan fingerprint density at radius 2 is 1.81 bits per heavy atom. The molecule has 0 aliphatic heterocycles. The molecule has 0 unspecified atom stereocenters. The Balaban J connectivity index is 0.00000225. The fourth-order valence-electron chi connectivity index (χ4n) is 1.45. The molecule has 0 aliphatic rings. The average Bonchev–Trinajstić information content (AvgIpc) is 2.17. The number of benzene rings is 1. The largest absolute Gasteiger partial charge is 0.412 e. The summed E-state index contributed by atoms with van der Waals surface area (Å²) >= 11 is 1.70. The Morgan fingerprint density at radius 3 is 2.19 bits per heavy atom. The van der Waals surface area contributed by atoms with Gasteiger partial charge in [0.15, 0.2) is 0 Å². The predicted octanol–water partition coefficient (Wildman–Crippen LogP) is 2.74. The van der Waals surface area contributed by atoms with E-state index in [2.05, 4.69) is 5.32 Å². The first kappa shape index (κ1) is 15.9. The monoisotopic (exact) mass is 314 g/mol. The van der Waals surface area contributed by atoms with Crippen molar-refractivity contribution in [3.05, 3.63) is 23.3 Å². The minimum atomic E-state index is -0.439. The van der Waals surface area contributed by atoms with Crippen LogP contribution in [0.2, 0.25) is 0 Å². The molecule has 0 bridgehead atoms. The Labute approximate surface area is 126 Å². The molecule has 0 heterocycles. The summed E-state index contributed by atoms with van der Waals surface area (Å²) in [6.07, 6.45) is 1.60. The topological polar surface area (TPSA) is 38.3 Å². The molecule has 1 aromatic rings. The molecule has 3 nitrogen and oxygen atoms in total. The molecule has 1 aromatic carbocycles. The van der Waals surface area contributed by atoms with Crippen molar-refractivity contribution in [3.63, 3.8) is 0 Å². The van der Waals surface area contributed by atoms with Crippen LogP contribution in [-0.2, 0) is 32.7 Å². The van der Waals surface area contributed by atoms with Crippen LogP contribution in [0.25, 0.3) is 0 Å². The number of carbonyl (C=O) groups excluding carboxylic acids is 1. The van der Waals surface area contributed by atoms with E-state index in [1.807, 2.05) is 32.2 Å². The standard InChI is InChI=1S/C11H15NO2S.Y/c1-7-5-9(14-11(13)12-3)6-8(2)10(7)15-4;/h5-6H,1-4H3,(H,12,13);. The second-order valence-corrected chi connectivity index (χ2v) is 4.05. The summed E-state index contributed by atoms with van der Waals surface area (Å²) in [7, 11) is 1.54. The second kappa shape index (κ2) is 7.30. The molecule has 1 rings (SSSR count). The maximum absolute atomic E-state index is 11.0. The number of amides is 1. The number of nitrogens with one attached hydrogen (secondary N) is 1. The van der Waals surface area contributed by atoms with Crippen molar-refractivity contribution >= 4 is 17.9 Å². The van der Waals surface area contributed by atoms with Crippen LogP contribution in [0.4, 0.5) is 4.79 Å². The minimum Gasteiger partial charge on any atom is -0.410 e. The summed E-state index contributed by atoms with van der Waals surface area (Å²) < 4.78 is 5.07. The first-order valence-corrected chi connectivity index (χ1v) is 5.85. The zero-order chi connectivity index (χ0) is 11.4. The van der Waals surface area contributed by atoms with Gasteiger partial charge in [-0.1, -0.05) is 0 Å². The van der Waals surface area contributed by atoms with Crippen LogP contribution >= 0.6 is 11.8 Å². The van der Waals surface area contributed by atoms with Gasteiger partial charge in [-0.05, 0) is 43.4 Å². The van der Waals surface area contributed by atoms with Crippen LogP contribution < -0.4 is 10.1 Å². The molecule has 0 atom stereocenters. The summed E-state index contributed by atoms with van der Waals surface area (Å²) in [4.78, 5) is 12.3. The first-order chi connectivity index (χ1) is 7.08. The molecular formula is C11H15NO2SY. The van der Waals surface area contributed by atoms with Gasteiger partial charge in [-0.2, -0.15) is 0 Å². The summed E-state index contributed by atoms with van der Waals surface area (Å²) in [6.45, 7) is 4.02. The Kier molecular flexibility index (Phi) is 7.28. The average molecular weight is 314 g/mol. The Hall–Kier alpha value is -0.0561. The Bertz CT molecular complexity index is 359. The van der Waals surface area contributed by atoms with Crippen LogP contribution in [0.15, 0.2) is 17.0 Å². The smallest absolute Gasteiger partial charge is 0.410 e. The molecule has 16 heavy (non-hydrogen) atoms. The molecule has 85 valence electrons. The normalized spacial score (nSPS) is 9.25. The molecule has 1 N–H and O–H groups in total. The van der Waals surface area contributed by atoms with Gasteiger partial charge in [0, 0.05) is 44.7 Å². The molecule has 0 aliphatic carbocycles. The van der Waals surface area contributed by atoms with Gasteiger partial charge >= 0.3 is 6.09 Å². The third-order valence-corrected chi connectivity index (χ3v) is 3.10. The van der Waals surface area contributed by atoms with E-state index in [4.69, 9.17) is 4.74 Å². The van der Waals surface area contributed by atoms with Gasteiger partial charge in [0.25, 0.3) is 0 Å². The van der Waals surface area contributed by atoms with Crippen LogP contribution in [-0.4, -0.2) is 19.4 Å². The summed E-state index contributed by atoms with van der Waals surface area (Å²) in [5, 5.41) is 2.41. The fourth-order valence-corrected chi connectivity index (χ4v) is 2.21. The number of carbonyl (C=O) groups is 1. The number of aryl methyl sites for hydroxylation is 2. The maximum Gasteiger partial charge on any atom is 0.412 e. The first-order valence-electron chi connectivity index (χ1n) is 4.63. The van der Waals surface area contributed by atoms with E-state index in [1.165, 1.54) is 11.9 Å². The van der Waals surface area contributed by atoms with Gasteiger partial charge in [-0.25, -0.2) is 4.79 Å². The van der Waals surface area contributed by atoms with Gasteiger partial charge in [0.1, 0.15) is 5.75 Å². The van der Waals surface area contributed by atoms with Crippen LogP contribution in [0.3, 0.4) is 0 Å². The molecule has 1 amide bonds.